The zero-order chi connectivity index (χ0) is 34.2. The summed E-state index contributed by atoms with van der Waals surface area (Å²) in [5.41, 5.74) is 9.06. The molecular weight excluding hydrogens is 602 g/mol. The van der Waals surface area contributed by atoms with Gasteiger partial charge in [-0.25, -0.2) is 4.79 Å². The summed E-state index contributed by atoms with van der Waals surface area (Å²) < 4.78 is 5.69. The Labute approximate surface area is 284 Å². The molecule has 3 aliphatic rings. The molecule has 2 fully saturated rings. The highest BCUT2D eigenvalue weighted by Crippen LogP contribution is 2.53. The molecule has 48 heavy (non-hydrogen) atoms. The van der Waals surface area contributed by atoms with Gasteiger partial charge in [0.15, 0.2) is 0 Å². The van der Waals surface area contributed by atoms with Gasteiger partial charge in [0.25, 0.3) is 11.5 Å². The smallest absolute Gasteiger partial charge is 0.253 e. The first-order valence-corrected chi connectivity index (χ1v) is 17.4. The summed E-state index contributed by atoms with van der Waals surface area (Å²) in [6.07, 6.45) is 3.63. The van der Waals surface area contributed by atoms with Crippen LogP contribution in [0, 0.1) is 20.8 Å². The Hall–Kier alpha value is -4.17. The van der Waals surface area contributed by atoms with Crippen molar-refractivity contribution in [2.24, 2.45) is 0 Å². The van der Waals surface area contributed by atoms with Crippen molar-refractivity contribution < 1.29 is 14.3 Å². The quantitative estimate of drug-likeness (QED) is 0.314. The van der Waals surface area contributed by atoms with Crippen LogP contribution in [0.4, 0.5) is 11.4 Å². The van der Waals surface area contributed by atoms with E-state index < -0.39 is 0 Å². The average Bonchev–Trinajstić information content (AvgIpc) is 3.31. The van der Waals surface area contributed by atoms with Crippen molar-refractivity contribution in [1.29, 1.82) is 0 Å². The number of H-pyrrole nitrogens is 1. The van der Waals surface area contributed by atoms with Crippen molar-refractivity contribution >= 4 is 23.2 Å². The van der Waals surface area contributed by atoms with Gasteiger partial charge in [0, 0.05) is 67.6 Å². The van der Waals surface area contributed by atoms with E-state index in [0.29, 0.717) is 22.9 Å². The van der Waals surface area contributed by atoms with Crippen LogP contribution in [0.2, 0.25) is 0 Å². The van der Waals surface area contributed by atoms with Gasteiger partial charge in [0.2, 0.25) is 0 Å². The molecule has 3 aliphatic heterocycles. The predicted octanol–water partition coefficient (Wildman–Crippen LogP) is 5.42. The number of piperidine rings is 1. The summed E-state index contributed by atoms with van der Waals surface area (Å²) >= 11 is 0. The number of pyridine rings is 1. The molecule has 2 saturated heterocycles. The van der Waals surface area contributed by atoms with Gasteiger partial charge in [-0.15, -0.1) is 0 Å². The molecule has 1 spiro atoms. The summed E-state index contributed by atoms with van der Waals surface area (Å²) in [7, 11) is 1.97. The highest BCUT2D eigenvalue weighted by atomic mass is 16.5. The Morgan fingerprint density at radius 1 is 1.06 bits per heavy atom. The maximum absolute atomic E-state index is 14.0. The molecule has 2 aromatic carbocycles. The summed E-state index contributed by atoms with van der Waals surface area (Å²) in [6, 6.07) is 12.9. The Morgan fingerprint density at radius 3 is 2.44 bits per heavy atom. The highest BCUT2D eigenvalue weighted by molar-refractivity contribution is 5.99. The van der Waals surface area contributed by atoms with Crippen LogP contribution in [0.3, 0.4) is 0 Å². The minimum absolute atomic E-state index is 0.138. The number of likely N-dealkylation sites (N-methyl/N-ethyl adjacent to an activating group) is 1. The number of amides is 1. The van der Waals surface area contributed by atoms with Crippen molar-refractivity contribution in [3.8, 4) is 11.1 Å². The van der Waals surface area contributed by atoms with E-state index in [0.717, 1.165) is 104 Å². The minimum atomic E-state index is -0.326. The first kappa shape index (κ1) is 33.7. The molecule has 3 aromatic rings. The lowest BCUT2D eigenvalue weighted by atomic mass is 9.72. The number of allylic oxidation sites excluding steroid dienone is 1. The number of aryl methyl sites for hydroxylation is 2. The van der Waals surface area contributed by atoms with E-state index in [1.54, 1.807) is 0 Å². The largest absolute Gasteiger partial charge is 0.381 e. The summed E-state index contributed by atoms with van der Waals surface area (Å²) in [5, 5.41) is 3.05. The number of aromatic amines is 1. The number of ether oxygens (including phenoxy) is 1. The van der Waals surface area contributed by atoms with E-state index in [9.17, 15) is 14.4 Å². The van der Waals surface area contributed by atoms with Crippen LogP contribution >= 0.6 is 0 Å². The van der Waals surface area contributed by atoms with Crippen LogP contribution in [0.25, 0.3) is 11.1 Å². The second kappa shape index (κ2) is 13.7. The van der Waals surface area contributed by atoms with E-state index in [1.165, 1.54) is 5.56 Å². The molecular formula is C39H49N5O4. The first-order valence-electron chi connectivity index (χ1n) is 17.4. The Kier molecular flexibility index (Phi) is 9.66. The number of fused-ring (bicyclic) bond motifs is 2. The number of carbonyl (C=O) groups is 1. The molecule has 4 heterocycles. The lowest BCUT2D eigenvalue weighted by molar-refractivity contribution is 0.0846. The Balaban J connectivity index is 1.42. The number of benzene rings is 2. The van der Waals surface area contributed by atoms with Crippen molar-refractivity contribution in [3.05, 3.63) is 86.0 Å². The van der Waals surface area contributed by atoms with E-state index in [4.69, 9.17) is 4.74 Å². The van der Waals surface area contributed by atoms with Gasteiger partial charge in [-0.3, -0.25) is 9.59 Å². The van der Waals surface area contributed by atoms with Crippen LogP contribution in [0.1, 0.15) is 77.8 Å². The number of anilines is 2. The number of rotatable bonds is 8. The lowest BCUT2D eigenvalue weighted by Gasteiger charge is -2.39. The molecule has 9 nitrogen and oxygen atoms in total. The monoisotopic (exact) mass is 651 g/mol. The number of nitrogens with zero attached hydrogens (tertiary/aromatic N) is 3. The summed E-state index contributed by atoms with van der Waals surface area (Å²) in [4.78, 5) is 48.9. The van der Waals surface area contributed by atoms with Crippen LogP contribution in [0.15, 0.2) is 46.9 Å². The first-order chi connectivity index (χ1) is 23.1. The number of nitrogens with one attached hydrogen (secondary N) is 2. The van der Waals surface area contributed by atoms with Crippen LogP contribution in [-0.2, 0) is 21.5 Å². The fourth-order valence-electron chi connectivity index (χ4n) is 8.27. The van der Waals surface area contributed by atoms with E-state index in [-0.39, 0.29) is 23.4 Å². The molecule has 6 rings (SSSR count). The fraction of sp³-hybridized carbons (Fsp3) is 0.487. The zero-order valence-electron chi connectivity index (χ0n) is 29.3. The topological polar surface area (TPSA) is 98.0 Å². The second-order valence-electron chi connectivity index (χ2n) is 13.7. The Bertz CT molecular complexity index is 1810. The summed E-state index contributed by atoms with van der Waals surface area (Å²) in [6.45, 7) is 15.4. The molecule has 1 aromatic heterocycles. The number of likely N-dealkylation sites (tertiary alicyclic amines) is 1. The van der Waals surface area contributed by atoms with Crippen molar-refractivity contribution in [3.63, 3.8) is 0 Å². The zero-order valence-corrected chi connectivity index (χ0v) is 29.3. The maximum Gasteiger partial charge on any atom is 0.253 e. The van der Waals surface area contributed by atoms with Gasteiger partial charge in [-0.2, -0.15) is 0 Å². The standard InChI is InChI=1S/C39H49N5O4/c1-7-43-15-13-39(14-16-43)33-10-9-28(21-35(33)42(6)36(39)24-45)29-20-31(37(46)40-23-32-25(3)19-26(4)41-38(32)47)27(5)34(22-29)44(8-2)30-11-17-48-18-12-30/h9-10,19-22,30H,7-8,11-18,23H2,1-6H3,(H,40,46)(H,41,47). The average molecular weight is 652 g/mol. The molecule has 0 saturated carbocycles. The SMILES string of the molecule is CCN1CCC2(CC1)C(=C=O)N(C)c1cc(-c3cc(C(=O)NCc4c(C)cc(C)[nH]c4=O)c(C)c(N(CC)C4CCOCC4)c3)ccc12. The Morgan fingerprint density at radius 2 is 1.79 bits per heavy atom. The lowest BCUT2D eigenvalue weighted by Crippen LogP contribution is -2.43. The van der Waals surface area contributed by atoms with Gasteiger partial charge in [0.05, 0.1) is 5.41 Å². The molecule has 0 bridgehead atoms. The predicted molar refractivity (Wildman–Crippen MR) is 192 cm³/mol. The van der Waals surface area contributed by atoms with E-state index in [1.807, 2.05) is 44.9 Å². The molecule has 254 valence electrons. The highest BCUT2D eigenvalue weighted by Gasteiger charge is 2.48. The van der Waals surface area contributed by atoms with Gasteiger partial charge in [-0.1, -0.05) is 19.1 Å². The molecule has 2 N–H and O–H groups in total. The molecule has 0 unspecified atom stereocenters. The van der Waals surface area contributed by atoms with Crippen molar-refractivity contribution in [2.45, 2.75) is 78.3 Å². The van der Waals surface area contributed by atoms with Gasteiger partial charge >= 0.3 is 0 Å². The van der Waals surface area contributed by atoms with Crippen LogP contribution < -0.4 is 20.7 Å². The number of carbonyl (C=O) groups excluding carboxylic acids is 2. The number of hydrogen-bond donors (Lipinski definition) is 2. The molecule has 9 heteroatoms. The molecule has 1 amide bonds. The number of aromatic nitrogens is 1. The summed E-state index contributed by atoms with van der Waals surface area (Å²) in [5.74, 6) is 2.11. The number of hydrogen-bond acceptors (Lipinski definition) is 7. The van der Waals surface area contributed by atoms with Gasteiger partial charge in [-0.05, 0) is 125 Å². The second-order valence-corrected chi connectivity index (χ2v) is 13.7. The molecule has 0 radical (unpaired) electrons. The third-order valence-corrected chi connectivity index (χ3v) is 11.1. The normalized spacial score (nSPS) is 17.8. The minimum Gasteiger partial charge on any atom is -0.381 e. The fourth-order valence-corrected chi connectivity index (χ4v) is 8.27. The van der Waals surface area contributed by atoms with E-state index in [2.05, 4.69) is 64.2 Å². The molecule has 0 atom stereocenters. The van der Waals surface area contributed by atoms with Crippen molar-refractivity contribution in [1.82, 2.24) is 15.2 Å². The maximum atomic E-state index is 14.0. The van der Waals surface area contributed by atoms with Crippen LogP contribution in [0.5, 0.6) is 0 Å². The molecule has 0 aliphatic carbocycles. The van der Waals surface area contributed by atoms with Gasteiger partial charge in [0.1, 0.15) is 11.6 Å². The van der Waals surface area contributed by atoms with E-state index >= 15 is 0 Å². The van der Waals surface area contributed by atoms with Crippen LogP contribution in [-0.4, -0.2) is 74.2 Å². The van der Waals surface area contributed by atoms with Crippen molar-refractivity contribution in [2.75, 3.05) is 56.2 Å². The van der Waals surface area contributed by atoms with Gasteiger partial charge < -0.3 is 29.7 Å². The third kappa shape index (κ3) is 6.00. The third-order valence-electron chi connectivity index (χ3n) is 11.1.